The van der Waals surface area contributed by atoms with Crippen LogP contribution in [0.25, 0.3) is 0 Å². The molecule has 1 aliphatic rings. The molecule has 1 fully saturated rings. The fourth-order valence-corrected chi connectivity index (χ4v) is 3.14. The van der Waals surface area contributed by atoms with Gasteiger partial charge >= 0.3 is 0 Å². The molecule has 0 bridgehead atoms. The first kappa shape index (κ1) is 19.9. The Balaban J connectivity index is 1.75. The lowest BCUT2D eigenvalue weighted by molar-refractivity contribution is 0.0736. The summed E-state index contributed by atoms with van der Waals surface area (Å²) in [7, 11) is 2.15. The molecule has 0 spiro atoms. The third-order valence-electron chi connectivity index (χ3n) is 4.82. The van der Waals surface area contributed by atoms with Crippen LogP contribution in [0.15, 0.2) is 18.5 Å². The van der Waals surface area contributed by atoms with E-state index >= 15 is 0 Å². The smallest absolute Gasteiger partial charge is 0.158 e. The molecule has 1 aliphatic heterocycles. The van der Waals surface area contributed by atoms with Gasteiger partial charge in [-0.25, -0.2) is 9.97 Å². The lowest BCUT2D eigenvalue weighted by Gasteiger charge is -2.30. The van der Waals surface area contributed by atoms with Gasteiger partial charge in [-0.1, -0.05) is 0 Å². The average Bonchev–Trinajstić information content (AvgIpc) is 2.67. The predicted octanol–water partition coefficient (Wildman–Crippen LogP) is 1.86. The number of aliphatic hydroxyl groups is 1. The van der Waals surface area contributed by atoms with E-state index in [2.05, 4.69) is 42.7 Å². The second kappa shape index (κ2) is 8.46. The molecule has 3 N–H and O–H groups in total. The summed E-state index contributed by atoms with van der Waals surface area (Å²) in [6.07, 6.45) is 5.15. The number of likely N-dealkylation sites (tertiary alicyclic amines) is 1. The Morgan fingerprint density at radius 2 is 1.96 bits per heavy atom. The van der Waals surface area contributed by atoms with E-state index in [4.69, 9.17) is 5.26 Å². The largest absolute Gasteiger partial charge is 0.384 e. The topological polar surface area (TPSA) is 123 Å². The summed E-state index contributed by atoms with van der Waals surface area (Å²) >= 11 is 0. The summed E-state index contributed by atoms with van der Waals surface area (Å²) < 4.78 is 0. The van der Waals surface area contributed by atoms with Gasteiger partial charge in [-0.2, -0.15) is 5.26 Å². The number of aromatic nitrogens is 4. The molecule has 148 valence electrons. The van der Waals surface area contributed by atoms with Crippen molar-refractivity contribution < 1.29 is 5.11 Å². The molecule has 0 atom stereocenters. The highest BCUT2D eigenvalue weighted by Gasteiger charge is 2.24. The molecule has 2 aromatic rings. The molecule has 0 aromatic carbocycles. The Morgan fingerprint density at radius 1 is 1.21 bits per heavy atom. The molecule has 0 amide bonds. The molecule has 3 heterocycles. The van der Waals surface area contributed by atoms with Crippen LogP contribution < -0.4 is 10.6 Å². The predicted molar refractivity (Wildman–Crippen MR) is 106 cm³/mol. The van der Waals surface area contributed by atoms with E-state index in [1.165, 1.54) is 12.4 Å². The van der Waals surface area contributed by atoms with E-state index in [1.54, 1.807) is 13.8 Å². The lowest BCUT2D eigenvalue weighted by atomic mass is 9.96. The molecular weight excluding hydrogens is 356 g/mol. The van der Waals surface area contributed by atoms with Crippen molar-refractivity contribution in [1.82, 2.24) is 25.1 Å². The summed E-state index contributed by atoms with van der Waals surface area (Å²) in [6.45, 7) is 6.40. The highest BCUT2D eigenvalue weighted by molar-refractivity contribution is 5.60. The van der Waals surface area contributed by atoms with E-state index in [1.807, 2.05) is 12.1 Å². The van der Waals surface area contributed by atoms with Crippen molar-refractivity contribution in [2.75, 3.05) is 37.3 Å². The van der Waals surface area contributed by atoms with E-state index in [0.717, 1.165) is 38.2 Å². The number of piperidine rings is 1. The first-order valence-corrected chi connectivity index (χ1v) is 9.37. The molecular formula is C19H26N8O. The number of nitrogens with one attached hydrogen (secondary N) is 2. The van der Waals surface area contributed by atoms with Gasteiger partial charge in [-0.3, -0.25) is 0 Å². The van der Waals surface area contributed by atoms with E-state index in [0.29, 0.717) is 23.2 Å². The minimum atomic E-state index is -1.12. The van der Waals surface area contributed by atoms with Crippen molar-refractivity contribution in [2.45, 2.75) is 32.3 Å². The summed E-state index contributed by atoms with van der Waals surface area (Å²) in [6, 6.07) is 3.75. The average molecular weight is 382 g/mol. The van der Waals surface area contributed by atoms with Crippen LogP contribution in [0.2, 0.25) is 0 Å². The molecule has 1 saturated heterocycles. The second-order valence-electron chi connectivity index (χ2n) is 7.70. The van der Waals surface area contributed by atoms with Gasteiger partial charge in [0.1, 0.15) is 23.2 Å². The maximum Gasteiger partial charge on any atom is 0.158 e. The number of nitriles is 1. The van der Waals surface area contributed by atoms with Crippen LogP contribution in [0, 0.1) is 17.2 Å². The van der Waals surface area contributed by atoms with Crippen molar-refractivity contribution in [1.29, 1.82) is 5.26 Å². The van der Waals surface area contributed by atoms with Crippen LogP contribution in [-0.2, 0) is 5.60 Å². The summed E-state index contributed by atoms with van der Waals surface area (Å²) in [5.41, 5.74) is 0.367. The van der Waals surface area contributed by atoms with Crippen molar-refractivity contribution in [2.24, 2.45) is 5.92 Å². The zero-order chi connectivity index (χ0) is 20.1. The molecule has 0 unspecified atom stereocenters. The fraction of sp³-hybridized carbons (Fsp3) is 0.526. The second-order valence-corrected chi connectivity index (χ2v) is 7.70. The third-order valence-corrected chi connectivity index (χ3v) is 4.82. The van der Waals surface area contributed by atoms with E-state index in [-0.39, 0.29) is 5.69 Å². The Bertz CT molecular complexity index is 832. The van der Waals surface area contributed by atoms with Crippen molar-refractivity contribution in [3.63, 3.8) is 0 Å². The first-order chi connectivity index (χ1) is 13.3. The van der Waals surface area contributed by atoms with Gasteiger partial charge in [0, 0.05) is 12.6 Å². The van der Waals surface area contributed by atoms with Crippen LogP contribution in [0.1, 0.15) is 38.1 Å². The number of hydrogen-bond acceptors (Lipinski definition) is 9. The van der Waals surface area contributed by atoms with Crippen molar-refractivity contribution >= 4 is 17.3 Å². The summed E-state index contributed by atoms with van der Waals surface area (Å²) in [4.78, 5) is 10.5. The Kier molecular flexibility index (Phi) is 6.02. The van der Waals surface area contributed by atoms with Crippen LogP contribution in [0.4, 0.5) is 17.3 Å². The number of anilines is 3. The number of hydrogen-bond donors (Lipinski definition) is 3. The summed E-state index contributed by atoms with van der Waals surface area (Å²) in [5, 5.41) is 34.1. The lowest BCUT2D eigenvalue weighted by Crippen LogP contribution is -2.33. The maximum absolute atomic E-state index is 10.5. The maximum atomic E-state index is 10.5. The fourth-order valence-electron chi connectivity index (χ4n) is 3.14. The van der Waals surface area contributed by atoms with E-state index < -0.39 is 5.60 Å². The minimum absolute atomic E-state index is 0.245. The summed E-state index contributed by atoms with van der Waals surface area (Å²) in [5.74, 6) is 1.53. The standard InChI is InChI=1S/C19H26N8O/c1-19(2,28)18-15(22-10-13-4-6-27(3)7-5-13)8-16(25-26-18)24-17-12-21-14(9-20)11-23-17/h8,11-13,28H,4-7,10H2,1-3H3,(H2,22,23,24,25). The SMILES string of the molecule is CN1CCC(CNc2cc(Nc3cnc(C#N)cn3)nnc2C(C)(C)O)CC1. The zero-order valence-electron chi connectivity index (χ0n) is 16.5. The molecule has 9 nitrogen and oxygen atoms in total. The van der Waals surface area contributed by atoms with Crippen LogP contribution in [0.3, 0.4) is 0 Å². The quantitative estimate of drug-likeness (QED) is 0.687. The molecule has 0 saturated carbocycles. The molecule has 28 heavy (non-hydrogen) atoms. The molecule has 2 aromatic heterocycles. The number of nitrogens with zero attached hydrogens (tertiary/aromatic N) is 6. The van der Waals surface area contributed by atoms with E-state index in [9.17, 15) is 5.11 Å². The zero-order valence-corrected chi connectivity index (χ0v) is 16.5. The Hall–Kier alpha value is -2.83. The highest BCUT2D eigenvalue weighted by Crippen LogP contribution is 2.28. The van der Waals surface area contributed by atoms with Crippen LogP contribution >= 0.6 is 0 Å². The van der Waals surface area contributed by atoms with Gasteiger partial charge in [0.25, 0.3) is 0 Å². The monoisotopic (exact) mass is 382 g/mol. The van der Waals surface area contributed by atoms with Gasteiger partial charge < -0.3 is 20.6 Å². The van der Waals surface area contributed by atoms with Gasteiger partial charge in [0.2, 0.25) is 0 Å². The van der Waals surface area contributed by atoms with Gasteiger partial charge in [-0.15, -0.1) is 10.2 Å². The van der Waals surface area contributed by atoms with Crippen LogP contribution in [-0.4, -0.2) is 56.9 Å². The molecule has 0 aliphatic carbocycles. The van der Waals surface area contributed by atoms with Crippen molar-refractivity contribution in [3.05, 3.63) is 29.8 Å². The minimum Gasteiger partial charge on any atom is -0.384 e. The highest BCUT2D eigenvalue weighted by atomic mass is 16.3. The molecule has 0 radical (unpaired) electrons. The Morgan fingerprint density at radius 3 is 2.57 bits per heavy atom. The van der Waals surface area contributed by atoms with Gasteiger partial charge in [0.05, 0.1) is 18.1 Å². The first-order valence-electron chi connectivity index (χ1n) is 9.37. The number of rotatable bonds is 6. The Labute approximate surface area is 164 Å². The molecule has 9 heteroatoms. The van der Waals surface area contributed by atoms with Crippen LogP contribution in [0.5, 0.6) is 0 Å². The van der Waals surface area contributed by atoms with Gasteiger partial charge in [-0.05, 0) is 52.7 Å². The van der Waals surface area contributed by atoms with Gasteiger partial charge in [0.15, 0.2) is 11.5 Å². The third kappa shape index (κ3) is 5.12. The normalized spacial score (nSPS) is 15.8. The van der Waals surface area contributed by atoms with Crippen molar-refractivity contribution in [3.8, 4) is 6.07 Å². The molecule has 3 rings (SSSR count).